The van der Waals surface area contributed by atoms with Crippen LogP contribution in [0.1, 0.15) is 36.9 Å². The molecule has 100 valence electrons. The van der Waals surface area contributed by atoms with Gasteiger partial charge < -0.3 is 5.73 Å². The molecule has 1 aliphatic carbocycles. The van der Waals surface area contributed by atoms with E-state index in [1.807, 2.05) is 37.3 Å². The molecule has 0 amide bonds. The van der Waals surface area contributed by atoms with E-state index in [1.165, 1.54) is 0 Å². The lowest BCUT2D eigenvalue weighted by Crippen LogP contribution is -2.33. The third-order valence-corrected chi connectivity index (χ3v) is 4.17. The smallest absolute Gasteiger partial charge is 0.136 e. The second-order valence-electron chi connectivity index (χ2n) is 5.66. The first-order valence-corrected chi connectivity index (χ1v) is 6.89. The second-order valence-corrected chi connectivity index (χ2v) is 5.66. The Labute approximate surface area is 112 Å². The summed E-state index contributed by atoms with van der Waals surface area (Å²) in [6.07, 6.45) is 2.58. The lowest BCUT2D eigenvalue weighted by molar-refractivity contribution is 0.0981. The maximum Gasteiger partial charge on any atom is 0.136 e. The molecule has 2 N–H and O–H groups in total. The number of aryl methyl sites for hydroxylation is 1. The fourth-order valence-electron chi connectivity index (χ4n) is 2.89. The van der Waals surface area contributed by atoms with Gasteiger partial charge in [0.15, 0.2) is 0 Å². The molecule has 3 rings (SSSR count). The third kappa shape index (κ3) is 2.35. The van der Waals surface area contributed by atoms with E-state index in [9.17, 15) is 0 Å². The van der Waals surface area contributed by atoms with Crippen molar-refractivity contribution in [2.24, 2.45) is 5.73 Å². The van der Waals surface area contributed by atoms with Crippen molar-refractivity contribution < 1.29 is 4.39 Å². The van der Waals surface area contributed by atoms with Crippen LogP contribution in [0.2, 0.25) is 0 Å². The van der Waals surface area contributed by atoms with E-state index in [0.717, 1.165) is 35.0 Å². The minimum atomic E-state index is -1.21. The molecular formula is C16H19FN2. The number of hydrogen-bond acceptors (Lipinski definition) is 2. The van der Waals surface area contributed by atoms with Crippen LogP contribution in [0.15, 0.2) is 30.3 Å². The van der Waals surface area contributed by atoms with E-state index in [1.54, 1.807) is 0 Å². The van der Waals surface area contributed by atoms with Crippen molar-refractivity contribution in [3.05, 3.63) is 41.6 Å². The first-order valence-electron chi connectivity index (χ1n) is 6.89. The van der Waals surface area contributed by atoms with Crippen LogP contribution in [0, 0.1) is 6.92 Å². The van der Waals surface area contributed by atoms with Crippen LogP contribution in [-0.2, 0) is 5.67 Å². The number of hydrogen-bond donors (Lipinski definition) is 1. The van der Waals surface area contributed by atoms with Gasteiger partial charge in [-0.3, -0.25) is 4.98 Å². The molecule has 1 aromatic carbocycles. The maximum absolute atomic E-state index is 15.0. The fraction of sp³-hybridized carbons (Fsp3) is 0.438. The van der Waals surface area contributed by atoms with E-state index in [4.69, 9.17) is 5.73 Å². The predicted molar refractivity (Wildman–Crippen MR) is 75.7 cm³/mol. The van der Waals surface area contributed by atoms with Gasteiger partial charge in [-0.2, -0.15) is 0 Å². The number of rotatable bonds is 1. The lowest BCUT2D eigenvalue weighted by Gasteiger charge is -2.33. The minimum Gasteiger partial charge on any atom is -0.328 e. The zero-order valence-electron chi connectivity index (χ0n) is 11.2. The molecule has 0 unspecified atom stereocenters. The molecule has 1 aliphatic rings. The third-order valence-electron chi connectivity index (χ3n) is 4.17. The number of halogens is 1. The zero-order chi connectivity index (χ0) is 13.5. The lowest BCUT2D eigenvalue weighted by atomic mass is 9.79. The second kappa shape index (κ2) is 4.57. The minimum absolute atomic E-state index is 0.161. The highest BCUT2D eigenvalue weighted by Gasteiger charge is 2.36. The molecule has 0 spiro atoms. The molecule has 19 heavy (non-hydrogen) atoms. The molecule has 1 heterocycles. The van der Waals surface area contributed by atoms with Gasteiger partial charge >= 0.3 is 0 Å². The molecular weight excluding hydrogens is 239 g/mol. The summed E-state index contributed by atoms with van der Waals surface area (Å²) in [5.74, 6) is 0. The normalized spacial score (nSPS) is 27.6. The Hall–Kier alpha value is -1.48. The number of nitrogens with two attached hydrogens (primary N) is 1. The van der Waals surface area contributed by atoms with E-state index >= 15 is 4.39 Å². The van der Waals surface area contributed by atoms with Crippen molar-refractivity contribution in [1.29, 1.82) is 0 Å². The van der Waals surface area contributed by atoms with Crippen LogP contribution in [-0.4, -0.2) is 11.0 Å². The summed E-state index contributed by atoms with van der Waals surface area (Å²) in [5.41, 5.74) is 7.34. The molecule has 0 bridgehead atoms. The van der Waals surface area contributed by atoms with Gasteiger partial charge in [-0.25, -0.2) is 4.39 Å². The molecule has 0 atom stereocenters. The number of pyridine rings is 1. The Morgan fingerprint density at radius 2 is 1.95 bits per heavy atom. The van der Waals surface area contributed by atoms with Gasteiger partial charge in [0.1, 0.15) is 5.67 Å². The maximum atomic E-state index is 15.0. The Kier molecular flexibility index (Phi) is 3.02. The van der Waals surface area contributed by atoms with E-state index in [2.05, 4.69) is 4.98 Å². The highest BCUT2D eigenvalue weighted by atomic mass is 19.1. The van der Waals surface area contributed by atoms with Gasteiger partial charge in [0.25, 0.3) is 0 Å². The zero-order valence-corrected chi connectivity index (χ0v) is 11.2. The van der Waals surface area contributed by atoms with Crippen molar-refractivity contribution in [2.75, 3.05) is 0 Å². The van der Waals surface area contributed by atoms with Crippen LogP contribution < -0.4 is 5.73 Å². The Bertz CT molecular complexity index is 601. The van der Waals surface area contributed by atoms with E-state index in [-0.39, 0.29) is 6.04 Å². The van der Waals surface area contributed by atoms with Gasteiger partial charge in [0, 0.05) is 17.1 Å². The standard InChI is InChI=1S/C16H19FN2/c1-11-2-3-12-10-13(4-5-15(12)19-11)16(17)8-6-14(18)7-9-16/h2-5,10,14H,6-9,18H2,1H3. The van der Waals surface area contributed by atoms with Crippen molar-refractivity contribution in [3.63, 3.8) is 0 Å². The van der Waals surface area contributed by atoms with Crippen LogP contribution in [0.3, 0.4) is 0 Å². The van der Waals surface area contributed by atoms with E-state index in [0.29, 0.717) is 12.8 Å². The molecule has 2 aromatic rings. The number of fused-ring (bicyclic) bond motifs is 1. The van der Waals surface area contributed by atoms with Crippen LogP contribution in [0.5, 0.6) is 0 Å². The van der Waals surface area contributed by atoms with Gasteiger partial charge in [-0.1, -0.05) is 12.1 Å². The predicted octanol–water partition coefficient (Wildman–Crippen LogP) is 3.61. The quantitative estimate of drug-likeness (QED) is 0.848. The number of aromatic nitrogens is 1. The van der Waals surface area contributed by atoms with Crippen LogP contribution >= 0.6 is 0 Å². The number of benzene rings is 1. The number of alkyl halides is 1. The first kappa shape index (κ1) is 12.5. The van der Waals surface area contributed by atoms with Crippen molar-refractivity contribution >= 4 is 10.9 Å². The topological polar surface area (TPSA) is 38.9 Å². The summed E-state index contributed by atoms with van der Waals surface area (Å²) in [6.45, 7) is 1.96. The van der Waals surface area contributed by atoms with Crippen LogP contribution in [0.4, 0.5) is 4.39 Å². The molecule has 0 aliphatic heterocycles. The van der Waals surface area contributed by atoms with E-state index < -0.39 is 5.67 Å². The molecule has 0 radical (unpaired) electrons. The molecule has 0 saturated heterocycles. The fourth-order valence-corrected chi connectivity index (χ4v) is 2.89. The Morgan fingerprint density at radius 3 is 2.68 bits per heavy atom. The summed E-state index contributed by atoms with van der Waals surface area (Å²) in [4.78, 5) is 4.45. The molecule has 1 fully saturated rings. The Balaban J connectivity index is 1.99. The largest absolute Gasteiger partial charge is 0.328 e. The van der Waals surface area contributed by atoms with Gasteiger partial charge in [-0.05, 0) is 56.4 Å². The highest BCUT2D eigenvalue weighted by molar-refractivity contribution is 5.79. The van der Waals surface area contributed by atoms with Crippen molar-refractivity contribution in [2.45, 2.75) is 44.3 Å². The first-order chi connectivity index (χ1) is 9.07. The average molecular weight is 258 g/mol. The molecule has 1 saturated carbocycles. The number of nitrogens with zero attached hydrogens (tertiary/aromatic N) is 1. The summed E-state index contributed by atoms with van der Waals surface area (Å²) in [7, 11) is 0. The average Bonchev–Trinajstić information content (AvgIpc) is 2.42. The summed E-state index contributed by atoms with van der Waals surface area (Å²) in [6, 6.07) is 9.89. The molecule has 3 heteroatoms. The summed E-state index contributed by atoms with van der Waals surface area (Å²) < 4.78 is 15.0. The summed E-state index contributed by atoms with van der Waals surface area (Å²) >= 11 is 0. The monoisotopic (exact) mass is 258 g/mol. The SMILES string of the molecule is Cc1ccc2cc(C3(F)CCC(N)CC3)ccc2n1. The van der Waals surface area contributed by atoms with Crippen LogP contribution in [0.25, 0.3) is 10.9 Å². The highest BCUT2D eigenvalue weighted by Crippen LogP contribution is 2.41. The summed E-state index contributed by atoms with van der Waals surface area (Å²) in [5, 5.41) is 1.01. The Morgan fingerprint density at radius 1 is 1.21 bits per heavy atom. The van der Waals surface area contributed by atoms with Gasteiger partial charge in [0.05, 0.1) is 5.52 Å². The van der Waals surface area contributed by atoms with Gasteiger partial charge in [0.2, 0.25) is 0 Å². The molecule has 1 aromatic heterocycles. The van der Waals surface area contributed by atoms with Crippen molar-refractivity contribution in [1.82, 2.24) is 4.98 Å². The molecule has 2 nitrogen and oxygen atoms in total. The van der Waals surface area contributed by atoms with Crippen molar-refractivity contribution in [3.8, 4) is 0 Å². The van der Waals surface area contributed by atoms with Gasteiger partial charge in [-0.15, -0.1) is 0 Å².